The van der Waals surface area contributed by atoms with Crippen LogP contribution in [0.4, 0.5) is 11.4 Å². The molecule has 2 aromatic rings. The lowest BCUT2D eigenvalue weighted by Crippen LogP contribution is -2.08. The number of anilines is 1. The maximum absolute atomic E-state index is 11.1. The van der Waals surface area contributed by atoms with Gasteiger partial charge in [-0.05, 0) is 26.0 Å². The molecule has 0 fully saturated rings. The first-order chi connectivity index (χ1) is 10.4. The number of aromatic nitrogens is 1. The minimum atomic E-state index is -1.21. The number of aryl methyl sites for hydroxylation is 1. The number of rotatable bonds is 5. The Morgan fingerprint density at radius 1 is 1.41 bits per heavy atom. The number of non-ortho nitro benzene ring substituents is 1. The maximum Gasteiger partial charge on any atom is 0.358 e. The lowest BCUT2D eigenvalue weighted by atomic mass is 10.1. The average Bonchev–Trinajstić information content (AvgIpc) is 2.87. The fourth-order valence-corrected chi connectivity index (χ4v) is 1.81. The molecule has 0 aliphatic carbocycles. The second-order valence-corrected chi connectivity index (χ2v) is 4.38. The van der Waals surface area contributed by atoms with Crippen molar-refractivity contribution in [3.8, 4) is 0 Å². The Hall–Kier alpha value is -3.23. The van der Waals surface area contributed by atoms with Crippen LogP contribution in [-0.4, -0.2) is 26.9 Å². The van der Waals surface area contributed by atoms with E-state index in [1.165, 1.54) is 24.3 Å². The van der Waals surface area contributed by atoms with Gasteiger partial charge in [-0.15, -0.1) is 0 Å². The van der Waals surface area contributed by atoms with Crippen molar-refractivity contribution >= 4 is 23.1 Å². The van der Waals surface area contributed by atoms with E-state index >= 15 is 0 Å². The molecule has 1 heterocycles. The van der Waals surface area contributed by atoms with Crippen molar-refractivity contribution in [1.29, 1.82) is 0 Å². The number of nitrogens with one attached hydrogen (secondary N) is 1. The summed E-state index contributed by atoms with van der Waals surface area (Å²) in [6.45, 7) is 3.18. The second-order valence-electron chi connectivity index (χ2n) is 4.38. The number of hydrazone groups is 1. The number of benzene rings is 1. The van der Waals surface area contributed by atoms with Crippen LogP contribution in [0.1, 0.15) is 28.7 Å². The minimum absolute atomic E-state index is 0.0331. The van der Waals surface area contributed by atoms with Crippen molar-refractivity contribution in [3.63, 3.8) is 0 Å². The number of carboxylic acid groups (broad SMARTS) is 1. The van der Waals surface area contributed by atoms with Crippen LogP contribution in [0, 0.1) is 17.0 Å². The van der Waals surface area contributed by atoms with Crippen LogP contribution in [0.5, 0.6) is 0 Å². The third-order valence-electron chi connectivity index (χ3n) is 2.86. The molecule has 0 spiro atoms. The first kappa shape index (κ1) is 15.2. The average molecular weight is 304 g/mol. The zero-order valence-corrected chi connectivity index (χ0v) is 11.7. The molecule has 0 aliphatic rings. The zero-order chi connectivity index (χ0) is 16.3. The SMILES string of the molecule is C/C(=N\Nc1ccc([N+](=O)[O-])cc1)c1c(C(=O)O)noc1C. The van der Waals surface area contributed by atoms with E-state index in [2.05, 4.69) is 15.7 Å². The predicted molar refractivity (Wildman–Crippen MR) is 77.1 cm³/mol. The third-order valence-corrected chi connectivity index (χ3v) is 2.86. The van der Waals surface area contributed by atoms with Crippen molar-refractivity contribution in [3.05, 3.63) is 51.4 Å². The smallest absolute Gasteiger partial charge is 0.358 e. The lowest BCUT2D eigenvalue weighted by molar-refractivity contribution is -0.384. The molecule has 0 saturated heterocycles. The molecule has 9 heteroatoms. The molecule has 22 heavy (non-hydrogen) atoms. The van der Waals surface area contributed by atoms with Gasteiger partial charge in [0.05, 0.1) is 21.9 Å². The zero-order valence-electron chi connectivity index (χ0n) is 11.7. The number of hydrogen-bond donors (Lipinski definition) is 2. The number of nitrogens with zero attached hydrogens (tertiary/aromatic N) is 3. The molecule has 0 amide bonds. The Bertz CT molecular complexity index is 748. The van der Waals surface area contributed by atoms with E-state index in [1.54, 1.807) is 13.8 Å². The highest BCUT2D eigenvalue weighted by atomic mass is 16.6. The standard InChI is InChI=1S/C13H12N4O5/c1-7(11-8(2)22-16-12(11)13(18)19)14-15-9-3-5-10(6-4-9)17(20)21/h3-6,15H,1-2H3,(H,18,19)/b14-7+. The van der Waals surface area contributed by atoms with Crippen LogP contribution in [0.2, 0.25) is 0 Å². The van der Waals surface area contributed by atoms with E-state index in [0.29, 0.717) is 22.7 Å². The molecule has 0 unspecified atom stereocenters. The van der Waals surface area contributed by atoms with Gasteiger partial charge in [0.2, 0.25) is 5.69 Å². The van der Waals surface area contributed by atoms with Crippen molar-refractivity contribution < 1.29 is 19.3 Å². The van der Waals surface area contributed by atoms with E-state index < -0.39 is 10.9 Å². The highest BCUT2D eigenvalue weighted by molar-refractivity contribution is 6.07. The molecule has 0 aliphatic heterocycles. The molecule has 2 N–H and O–H groups in total. The van der Waals surface area contributed by atoms with Crippen molar-refractivity contribution in [2.24, 2.45) is 5.10 Å². The van der Waals surface area contributed by atoms with Crippen LogP contribution in [0.15, 0.2) is 33.9 Å². The molecule has 0 radical (unpaired) electrons. The summed E-state index contributed by atoms with van der Waals surface area (Å²) in [7, 11) is 0. The van der Waals surface area contributed by atoms with E-state index in [0.717, 1.165) is 0 Å². The number of aromatic carboxylic acids is 1. The third kappa shape index (κ3) is 3.08. The number of nitro groups is 1. The highest BCUT2D eigenvalue weighted by Crippen LogP contribution is 2.17. The van der Waals surface area contributed by atoms with Crippen molar-refractivity contribution in [2.45, 2.75) is 13.8 Å². The summed E-state index contributed by atoms with van der Waals surface area (Å²) in [6.07, 6.45) is 0. The van der Waals surface area contributed by atoms with Crippen LogP contribution in [0.25, 0.3) is 0 Å². The molecule has 0 atom stereocenters. The predicted octanol–water partition coefficient (Wildman–Crippen LogP) is 2.43. The number of carboxylic acids is 1. The first-order valence-electron chi connectivity index (χ1n) is 6.15. The number of hydrogen-bond acceptors (Lipinski definition) is 7. The summed E-state index contributed by atoms with van der Waals surface area (Å²) in [5.41, 5.74) is 3.63. The largest absolute Gasteiger partial charge is 0.476 e. The molecule has 1 aromatic heterocycles. The van der Waals surface area contributed by atoms with Gasteiger partial charge in [0.15, 0.2) is 0 Å². The molecule has 2 rings (SSSR count). The molecule has 9 nitrogen and oxygen atoms in total. The van der Waals surface area contributed by atoms with Crippen molar-refractivity contribution in [2.75, 3.05) is 5.43 Å². The molecule has 114 valence electrons. The molecule has 1 aromatic carbocycles. The summed E-state index contributed by atoms with van der Waals surface area (Å²) in [5, 5.41) is 27.1. The second kappa shape index (κ2) is 6.04. The van der Waals surface area contributed by atoms with E-state index in [-0.39, 0.29) is 11.4 Å². The highest BCUT2D eigenvalue weighted by Gasteiger charge is 2.21. The first-order valence-corrected chi connectivity index (χ1v) is 6.15. The molecule has 0 bridgehead atoms. The van der Waals surface area contributed by atoms with Gasteiger partial charge in [-0.25, -0.2) is 4.79 Å². The van der Waals surface area contributed by atoms with Gasteiger partial charge in [-0.2, -0.15) is 5.10 Å². The Kier molecular flexibility index (Phi) is 4.16. The topological polar surface area (TPSA) is 131 Å². The van der Waals surface area contributed by atoms with E-state index in [1.807, 2.05) is 0 Å². The van der Waals surface area contributed by atoms with E-state index in [4.69, 9.17) is 9.63 Å². The summed E-state index contributed by atoms with van der Waals surface area (Å²) in [6, 6.07) is 5.65. The Morgan fingerprint density at radius 3 is 2.59 bits per heavy atom. The summed E-state index contributed by atoms with van der Waals surface area (Å²) in [4.78, 5) is 21.1. The molecular formula is C13H12N4O5. The normalized spacial score (nSPS) is 11.3. The monoisotopic (exact) mass is 304 g/mol. The van der Waals surface area contributed by atoms with Gasteiger partial charge >= 0.3 is 5.97 Å². The number of carbonyl (C=O) groups is 1. The molecular weight excluding hydrogens is 292 g/mol. The van der Waals surface area contributed by atoms with Crippen LogP contribution in [0.3, 0.4) is 0 Å². The fraction of sp³-hybridized carbons (Fsp3) is 0.154. The number of nitro benzene ring substituents is 1. The lowest BCUT2D eigenvalue weighted by Gasteiger charge is -2.03. The summed E-state index contributed by atoms with van der Waals surface area (Å²) >= 11 is 0. The van der Waals surface area contributed by atoms with Crippen LogP contribution >= 0.6 is 0 Å². The van der Waals surface area contributed by atoms with Gasteiger partial charge in [0, 0.05) is 12.1 Å². The summed E-state index contributed by atoms with van der Waals surface area (Å²) in [5.74, 6) is -0.874. The van der Waals surface area contributed by atoms with Gasteiger partial charge in [-0.1, -0.05) is 5.16 Å². The van der Waals surface area contributed by atoms with Crippen LogP contribution in [-0.2, 0) is 0 Å². The fourth-order valence-electron chi connectivity index (χ4n) is 1.81. The van der Waals surface area contributed by atoms with Gasteiger partial charge in [0.1, 0.15) is 5.76 Å². The van der Waals surface area contributed by atoms with Crippen molar-refractivity contribution in [1.82, 2.24) is 5.16 Å². The summed E-state index contributed by atoms with van der Waals surface area (Å²) < 4.78 is 4.86. The van der Waals surface area contributed by atoms with E-state index in [9.17, 15) is 14.9 Å². The minimum Gasteiger partial charge on any atom is -0.476 e. The van der Waals surface area contributed by atoms with Crippen LogP contribution < -0.4 is 5.43 Å². The Morgan fingerprint density at radius 2 is 2.05 bits per heavy atom. The van der Waals surface area contributed by atoms with Gasteiger partial charge in [0.25, 0.3) is 5.69 Å². The Balaban J connectivity index is 2.21. The Labute approximate surface area is 124 Å². The maximum atomic E-state index is 11.1. The van der Waals surface area contributed by atoms with Gasteiger partial charge < -0.3 is 9.63 Å². The quantitative estimate of drug-likeness (QED) is 0.492. The molecule has 0 saturated carbocycles. The van der Waals surface area contributed by atoms with Gasteiger partial charge in [-0.3, -0.25) is 15.5 Å².